The molecule has 0 saturated heterocycles. The molecular weight excluding hydrogens is 340 g/mol. The van der Waals surface area contributed by atoms with Gasteiger partial charge in [0.15, 0.2) is 0 Å². The molecule has 2 amide bonds. The van der Waals surface area contributed by atoms with E-state index in [0.29, 0.717) is 36.2 Å². The van der Waals surface area contributed by atoms with Crippen molar-refractivity contribution in [2.24, 2.45) is 0 Å². The number of nitrogens with one attached hydrogen (secondary N) is 2. The molecule has 4 nitrogen and oxygen atoms in total. The number of carbonyl (C=O) groups is 2. The summed E-state index contributed by atoms with van der Waals surface area (Å²) in [6, 6.07) is 6.80. The fraction of sp³-hybridized carbons (Fsp3) is 0.176. The molecule has 8 heteroatoms. The van der Waals surface area contributed by atoms with E-state index in [1.165, 1.54) is 12.1 Å². The number of alkyl halides is 3. The first-order valence-corrected chi connectivity index (χ1v) is 7.35. The highest BCUT2D eigenvalue weighted by Crippen LogP contribution is 2.33. The molecule has 1 aliphatic rings. The molecule has 2 aromatic carbocycles. The number of hydrogen-bond donors (Lipinski definition) is 2. The Hall–Kier alpha value is -2.90. The van der Waals surface area contributed by atoms with Crippen molar-refractivity contribution in [2.75, 3.05) is 11.9 Å². The number of fused-ring (bicyclic) bond motifs is 1. The quantitative estimate of drug-likeness (QED) is 0.814. The molecule has 2 aromatic rings. The summed E-state index contributed by atoms with van der Waals surface area (Å²) in [4.78, 5) is 24.2. The lowest BCUT2D eigenvalue weighted by molar-refractivity contribution is -0.139. The highest BCUT2D eigenvalue weighted by atomic mass is 19.4. The highest BCUT2D eigenvalue weighted by Gasteiger charge is 2.34. The molecule has 0 fully saturated rings. The summed E-state index contributed by atoms with van der Waals surface area (Å²) in [6.07, 6.45) is -4.43. The third-order valence-corrected chi connectivity index (χ3v) is 3.86. The summed E-state index contributed by atoms with van der Waals surface area (Å²) in [5.41, 5.74) is -0.558. The van der Waals surface area contributed by atoms with Crippen LogP contribution in [0.25, 0.3) is 0 Å². The number of halogens is 4. The Balaban J connectivity index is 1.92. The minimum Gasteiger partial charge on any atom is -0.352 e. The third-order valence-electron chi connectivity index (χ3n) is 3.86. The maximum absolute atomic E-state index is 13.3. The lowest BCUT2D eigenvalue weighted by atomic mass is 9.94. The minimum absolute atomic E-state index is 0.184. The van der Waals surface area contributed by atoms with Gasteiger partial charge in [-0.25, -0.2) is 4.39 Å². The van der Waals surface area contributed by atoms with E-state index in [4.69, 9.17) is 0 Å². The van der Waals surface area contributed by atoms with Gasteiger partial charge in [0.1, 0.15) is 5.82 Å². The molecule has 0 bridgehead atoms. The zero-order chi connectivity index (χ0) is 18.2. The van der Waals surface area contributed by atoms with Gasteiger partial charge in [0, 0.05) is 23.4 Å². The fourth-order valence-electron chi connectivity index (χ4n) is 2.70. The summed E-state index contributed by atoms with van der Waals surface area (Å²) >= 11 is 0. The van der Waals surface area contributed by atoms with Gasteiger partial charge in [-0.3, -0.25) is 9.59 Å². The standard InChI is InChI=1S/C17H12F4N2O2/c18-14-5-4-9(8-13(14)17(19,20)21)23-16(25)12-3-1-2-11-10(12)6-7-22-15(11)24/h1-5,8H,6-7H2,(H,22,24)(H,23,25). The molecular formula is C17H12F4N2O2. The second kappa shape index (κ2) is 6.19. The number of anilines is 1. The zero-order valence-electron chi connectivity index (χ0n) is 12.7. The Morgan fingerprint density at radius 1 is 1.16 bits per heavy atom. The predicted octanol–water partition coefficient (Wildman–Crippen LogP) is 3.38. The van der Waals surface area contributed by atoms with Crippen LogP contribution in [0.4, 0.5) is 23.2 Å². The van der Waals surface area contributed by atoms with E-state index in [1.54, 1.807) is 6.07 Å². The SMILES string of the molecule is O=C1NCCc2c1cccc2C(=O)Nc1ccc(F)c(C(F)(F)F)c1. The number of benzene rings is 2. The van der Waals surface area contributed by atoms with Crippen LogP contribution in [-0.4, -0.2) is 18.4 Å². The van der Waals surface area contributed by atoms with Crippen LogP contribution in [0.3, 0.4) is 0 Å². The van der Waals surface area contributed by atoms with E-state index in [2.05, 4.69) is 10.6 Å². The molecule has 0 saturated carbocycles. The summed E-state index contributed by atoms with van der Waals surface area (Å²) in [5, 5.41) is 4.97. The summed E-state index contributed by atoms with van der Waals surface area (Å²) in [7, 11) is 0. The molecule has 25 heavy (non-hydrogen) atoms. The van der Waals surface area contributed by atoms with Crippen LogP contribution < -0.4 is 10.6 Å². The molecule has 1 heterocycles. The Bertz CT molecular complexity index is 862. The van der Waals surface area contributed by atoms with E-state index in [0.717, 1.165) is 6.07 Å². The first-order valence-electron chi connectivity index (χ1n) is 7.35. The molecule has 0 aromatic heterocycles. The summed E-state index contributed by atoms with van der Waals surface area (Å²) in [5.74, 6) is -2.39. The van der Waals surface area contributed by atoms with Crippen molar-refractivity contribution >= 4 is 17.5 Å². The average Bonchev–Trinajstić information content (AvgIpc) is 2.55. The predicted molar refractivity (Wildman–Crippen MR) is 81.8 cm³/mol. The van der Waals surface area contributed by atoms with Crippen LogP contribution in [0.15, 0.2) is 36.4 Å². The minimum atomic E-state index is -4.87. The fourth-order valence-corrected chi connectivity index (χ4v) is 2.70. The summed E-state index contributed by atoms with van der Waals surface area (Å²) < 4.78 is 51.6. The number of carbonyl (C=O) groups excluding carboxylic acids is 2. The molecule has 0 aliphatic carbocycles. The Morgan fingerprint density at radius 2 is 1.92 bits per heavy atom. The van der Waals surface area contributed by atoms with Gasteiger partial charge in [-0.15, -0.1) is 0 Å². The monoisotopic (exact) mass is 352 g/mol. The van der Waals surface area contributed by atoms with Gasteiger partial charge in [0.05, 0.1) is 5.56 Å². The smallest absolute Gasteiger partial charge is 0.352 e. The van der Waals surface area contributed by atoms with Crippen molar-refractivity contribution in [3.63, 3.8) is 0 Å². The van der Waals surface area contributed by atoms with Crippen LogP contribution in [0.5, 0.6) is 0 Å². The van der Waals surface area contributed by atoms with Gasteiger partial charge in [0.2, 0.25) is 0 Å². The maximum Gasteiger partial charge on any atom is 0.419 e. The Morgan fingerprint density at radius 3 is 2.64 bits per heavy atom. The van der Waals surface area contributed by atoms with Crippen molar-refractivity contribution < 1.29 is 27.2 Å². The van der Waals surface area contributed by atoms with E-state index in [1.807, 2.05) is 0 Å². The average molecular weight is 352 g/mol. The lowest BCUT2D eigenvalue weighted by Crippen LogP contribution is -2.33. The van der Waals surface area contributed by atoms with Crippen molar-refractivity contribution in [3.05, 3.63) is 64.5 Å². The molecule has 0 spiro atoms. The normalized spacial score (nSPS) is 13.8. The molecule has 1 aliphatic heterocycles. The first kappa shape index (κ1) is 16.9. The van der Waals surface area contributed by atoms with Crippen LogP contribution in [0, 0.1) is 5.82 Å². The van der Waals surface area contributed by atoms with Gasteiger partial charge in [-0.05, 0) is 42.3 Å². The number of amides is 2. The second-order valence-electron chi connectivity index (χ2n) is 5.48. The van der Waals surface area contributed by atoms with E-state index in [-0.39, 0.29) is 17.2 Å². The summed E-state index contributed by atoms with van der Waals surface area (Å²) in [6.45, 7) is 0.366. The van der Waals surface area contributed by atoms with E-state index < -0.39 is 23.5 Å². The Kier molecular flexibility index (Phi) is 4.20. The Labute approximate surface area is 139 Å². The first-order chi connectivity index (χ1) is 11.8. The highest BCUT2D eigenvalue weighted by molar-refractivity contribution is 6.08. The molecule has 0 radical (unpaired) electrons. The van der Waals surface area contributed by atoms with E-state index in [9.17, 15) is 27.2 Å². The lowest BCUT2D eigenvalue weighted by Gasteiger charge is -2.19. The van der Waals surface area contributed by atoms with Crippen molar-refractivity contribution in [3.8, 4) is 0 Å². The zero-order valence-corrected chi connectivity index (χ0v) is 12.7. The largest absolute Gasteiger partial charge is 0.419 e. The van der Waals surface area contributed by atoms with Crippen LogP contribution in [0.2, 0.25) is 0 Å². The molecule has 0 atom stereocenters. The van der Waals surface area contributed by atoms with Crippen LogP contribution in [0.1, 0.15) is 31.8 Å². The van der Waals surface area contributed by atoms with Gasteiger partial charge >= 0.3 is 6.18 Å². The molecule has 130 valence electrons. The van der Waals surface area contributed by atoms with Crippen LogP contribution >= 0.6 is 0 Å². The molecule has 2 N–H and O–H groups in total. The topological polar surface area (TPSA) is 58.2 Å². The molecule has 3 rings (SSSR count). The van der Waals surface area contributed by atoms with Gasteiger partial charge in [0.25, 0.3) is 11.8 Å². The van der Waals surface area contributed by atoms with Crippen molar-refractivity contribution in [1.29, 1.82) is 0 Å². The second-order valence-corrected chi connectivity index (χ2v) is 5.48. The van der Waals surface area contributed by atoms with Crippen molar-refractivity contribution in [1.82, 2.24) is 5.32 Å². The molecule has 0 unspecified atom stereocenters. The van der Waals surface area contributed by atoms with E-state index >= 15 is 0 Å². The van der Waals surface area contributed by atoms with Gasteiger partial charge in [-0.2, -0.15) is 13.2 Å². The van der Waals surface area contributed by atoms with Crippen molar-refractivity contribution in [2.45, 2.75) is 12.6 Å². The van der Waals surface area contributed by atoms with Gasteiger partial charge in [-0.1, -0.05) is 6.07 Å². The number of hydrogen-bond acceptors (Lipinski definition) is 2. The third kappa shape index (κ3) is 3.33. The van der Waals surface area contributed by atoms with Crippen LogP contribution in [-0.2, 0) is 12.6 Å². The maximum atomic E-state index is 13.3. The number of rotatable bonds is 2. The van der Waals surface area contributed by atoms with Gasteiger partial charge < -0.3 is 10.6 Å².